The van der Waals surface area contributed by atoms with Crippen molar-refractivity contribution < 1.29 is 4.21 Å². The number of hydrogen-bond donors (Lipinski definition) is 1. The van der Waals surface area contributed by atoms with E-state index in [0.29, 0.717) is 10.5 Å². The summed E-state index contributed by atoms with van der Waals surface area (Å²) in [7, 11) is -2.47. The van der Waals surface area contributed by atoms with Gasteiger partial charge in [0.2, 0.25) is 0 Å². The SMILES string of the molecule is CC1CN(S(C)(=N)=O)CC(C)S1. The molecule has 1 rings (SSSR count). The van der Waals surface area contributed by atoms with Gasteiger partial charge in [-0.2, -0.15) is 11.8 Å². The van der Waals surface area contributed by atoms with Crippen LogP contribution in [0, 0.1) is 4.78 Å². The fourth-order valence-electron chi connectivity index (χ4n) is 1.42. The number of rotatable bonds is 1. The molecule has 1 fully saturated rings. The average molecular weight is 208 g/mol. The number of thioether (sulfide) groups is 1. The fourth-order valence-corrected chi connectivity index (χ4v) is 3.95. The Morgan fingerprint density at radius 3 is 2.17 bits per heavy atom. The van der Waals surface area contributed by atoms with Gasteiger partial charge < -0.3 is 0 Å². The largest absolute Gasteiger partial charge is 0.240 e. The molecular formula is C7H16N2OS2. The van der Waals surface area contributed by atoms with Gasteiger partial charge in [-0.15, -0.1) is 0 Å². The predicted octanol–water partition coefficient (Wildman–Crippen LogP) is 1.40. The van der Waals surface area contributed by atoms with Crippen LogP contribution in [0.25, 0.3) is 0 Å². The molecule has 1 saturated heterocycles. The Hall–Kier alpha value is 0.260. The predicted molar refractivity (Wildman–Crippen MR) is 54.9 cm³/mol. The normalized spacial score (nSPS) is 37.6. The third-order valence-electron chi connectivity index (χ3n) is 1.88. The highest BCUT2D eigenvalue weighted by Gasteiger charge is 2.25. The minimum Gasteiger partial charge on any atom is -0.240 e. The lowest BCUT2D eigenvalue weighted by Crippen LogP contribution is -2.42. The van der Waals surface area contributed by atoms with E-state index < -0.39 is 9.92 Å². The second-order valence-electron chi connectivity index (χ2n) is 3.41. The second-order valence-corrected chi connectivity index (χ2v) is 7.41. The van der Waals surface area contributed by atoms with E-state index in [9.17, 15) is 4.21 Å². The van der Waals surface area contributed by atoms with Crippen LogP contribution in [0.1, 0.15) is 13.8 Å². The zero-order valence-corrected chi connectivity index (χ0v) is 9.37. The topological polar surface area (TPSA) is 44.2 Å². The first-order valence-corrected chi connectivity index (χ1v) is 6.90. The molecule has 1 heterocycles. The monoisotopic (exact) mass is 208 g/mol. The summed E-state index contributed by atoms with van der Waals surface area (Å²) in [4.78, 5) is 0. The Morgan fingerprint density at radius 1 is 1.42 bits per heavy atom. The standard InChI is InChI=1S/C7H16N2OS2/c1-6-4-9(12(3,8)10)5-7(2)11-6/h6-8H,4-5H2,1-3H3. The fraction of sp³-hybridized carbons (Fsp3) is 1.00. The van der Waals surface area contributed by atoms with Crippen LogP contribution in [0.4, 0.5) is 0 Å². The van der Waals surface area contributed by atoms with Gasteiger partial charge >= 0.3 is 0 Å². The zero-order chi connectivity index (χ0) is 9.35. The van der Waals surface area contributed by atoms with E-state index in [-0.39, 0.29) is 0 Å². The zero-order valence-electron chi connectivity index (χ0n) is 7.74. The van der Waals surface area contributed by atoms with Crippen LogP contribution < -0.4 is 0 Å². The van der Waals surface area contributed by atoms with Crippen molar-refractivity contribution >= 4 is 21.7 Å². The van der Waals surface area contributed by atoms with Crippen molar-refractivity contribution in [1.82, 2.24) is 4.31 Å². The highest BCUT2D eigenvalue weighted by molar-refractivity contribution is 8.00. The molecular weight excluding hydrogens is 192 g/mol. The molecule has 0 radical (unpaired) electrons. The lowest BCUT2D eigenvalue weighted by atomic mass is 10.4. The van der Waals surface area contributed by atoms with Gasteiger partial charge in [-0.05, 0) is 0 Å². The van der Waals surface area contributed by atoms with Gasteiger partial charge in [0.05, 0.1) is 0 Å². The minimum absolute atomic E-state index is 0.500. The molecule has 12 heavy (non-hydrogen) atoms. The molecule has 5 heteroatoms. The van der Waals surface area contributed by atoms with E-state index >= 15 is 0 Å². The van der Waals surface area contributed by atoms with Crippen LogP contribution in [0.2, 0.25) is 0 Å². The summed E-state index contributed by atoms with van der Waals surface area (Å²) in [5, 5.41) is 1.000. The van der Waals surface area contributed by atoms with E-state index in [1.807, 2.05) is 11.8 Å². The molecule has 3 atom stereocenters. The molecule has 3 unspecified atom stereocenters. The van der Waals surface area contributed by atoms with Gasteiger partial charge in [-0.1, -0.05) is 13.8 Å². The first-order valence-electron chi connectivity index (χ1n) is 4.04. The molecule has 0 saturated carbocycles. The summed E-state index contributed by atoms with van der Waals surface area (Å²) in [6, 6.07) is 0. The van der Waals surface area contributed by atoms with Crippen molar-refractivity contribution in [2.45, 2.75) is 24.3 Å². The van der Waals surface area contributed by atoms with E-state index in [4.69, 9.17) is 4.78 Å². The Balaban J connectivity index is 2.68. The highest BCUT2D eigenvalue weighted by atomic mass is 32.2. The van der Waals surface area contributed by atoms with E-state index in [1.165, 1.54) is 6.26 Å². The van der Waals surface area contributed by atoms with Crippen LogP contribution in [0.5, 0.6) is 0 Å². The van der Waals surface area contributed by atoms with Gasteiger partial charge in [0.15, 0.2) is 0 Å². The van der Waals surface area contributed by atoms with E-state index in [2.05, 4.69) is 13.8 Å². The van der Waals surface area contributed by atoms with Crippen LogP contribution in [0.15, 0.2) is 0 Å². The Labute approximate surface area is 79.0 Å². The molecule has 72 valence electrons. The number of nitrogens with zero attached hydrogens (tertiary/aromatic N) is 1. The Morgan fingerprint density at radius 2 is 1.83 bits per heavy atom. The quantitative estimate of drug-likeness (QED) is 0.708. The van der Waals surface area contributed by atoms with Gasteiger partial charge in [0.25, 0.3) is 0 Å². The van der Waals surface area contributed by atoms with Crippen molar-refractivity contribution in [2.24, 2.45) is 0 Å². The van der Waals surface area contributed by atoms with Gasteiger partial charge in [0, 0.05) is 29.8 Å². The van der Waals surface area contributed by atoms with Gasteiger partial charge in [0.1, 0.15) is 9.92 Å². The molecule has 1 aliphatic rings. The van der Waals surface area contributed by atoms with Crippen molar-refractivity contribution in [3.63, 3.8) is 0 Å². The molecule has 0 amide bonds. The van der Waals surface area contributed by atoms with Gasteiger partial charge in [-0.3, -0.25) is 0 Å². The maximum atomic E-state index is 11.4. The third-order valence-corrected chi connectivity index (χ3v) is 4.39. The lowest BCUT2D eigenvalue weighted by molar-refractivity contribution is 0.431. The number of hydrogen-bond acceptors (Lipinski definition) is 3. The van der Waals surface area contributed by atoms with Crippen molar-refractivity contribution in [3.05, 3.63) is 0 Å². The van der Waals surface area contributed by atoms with Crippen molar-refractivity contribution in [3.8, 4) is 0 Å². The molecule has 3 nitrogen and oxygen atoms in total. The van der Waals surface area contributed by atoms with Crippen LogP contribution in [-0.4, -0.2) is 38.4 Å². The Kier molecular flexibility index (Phi) is 3.06. The third kappa shape index (κ3) is 2.64. The van der Waals surface area contributed by atoms with Crippen LogP contribution in [-0.2, 0) is 9.92 Å². The number of nitrogens with one attached hydrogen (secondary N) is 1. The second kappa shape index (κ2) is 3.55. The summed E-state index contributed by atoms with van der Waals surface area (Å²) < 4.78 is 20.7. The van der Waals surface area contributed by atoms with Crippen LogP contribution >= 0.6 is 11.8 Å². The maximum Gasteiger partial charge on any atom is 0.104 e. The molecule has 0 aromatic rings. The molecule has 0 bridgehead atoms. The summed E-state index contributed by atoms with van der Waals surface area (Å²) in [5.41, 5.74) is 0. The molecule has 0 aromatic heterocycles. The first kappa shape index (κ1) is 10.3. The molecule has 1 aliphatic heterocycles. The summed E-state index contributed by atoms with van der Waals surface area (Å²) >= 11 is 1.91. The lowest BCUT2D eigenvalue weighted by Gasteiger charge is -2.34. The van der Waals surface area contributed by atoms with Gasteiger partial charge in [-0.25, -0.2) is 13.3 Å². The summed E-state index contributed by atoms with van der Waals surface area (Å²) in [6.45, 7) is 5.82. The highest BCUT2D eigenvalue weighted by Crippen LogP contribution is 2.25. The average Bonchev–Trinajstić information content (AvgIpc) is 1.82. The molecule has 0 aromatic carbocycles. The molecule has 1 N–H and O–H groups in total. The summed E-state index contributed by atoms with van der Waals surface area (Å²) in [5.74, 6) is 0. The molecule has 0 spiro atoms. The van der Waals surface area contributed by atoms with Crippen molar-refractivity contribution in [1.29, 1.82) is 4.78 Å². The first-order chi connectivity index (χ1) is 5.39. The minimum atomic E-state index is -2.47. The summed E-state index contributed by atoms with van der Waals surface area (Å²) in [6.07, 6.45) is 1.50. The Bertz CT molecular complexity index is 240. The maximum absolute atomic E-state index is 11.4. The van der Waals surface area contributed by atoms with E-state index in [1.54, 1.807) is 4.31 Å². The smallest absolute Gasteiger partial charge is 0.104 e. The molecule has 0 aliphatic carbocycles. The van der Waals surface area contributed by atoms with Crippen LogP contribution in [0.3, 0.4) is 0 Å². The van der Waals surface area contributed by atoms with Crippen molar-refractivity contribution in [2.75, 3.05) is 19.3 Å². The van der Waals surface area contributed by atoms with E-state index in [0.717, 1.165) is 13.1 Å².